The Kier molecular flexibility index (Phi) is 9.15. The molecule has 2 aliphatic rings. The van der Waals surface area contributed by atoms with Gasteiger partial charge in [0.15, 0.2) is 0 Å². The Morgan fingerprint density at radius 2 is 1.62 bits per heavy atom. The third kappa shape index (κ3) is 7.66. The highest BCUT2D eigenvalue weighted by Gasteiger charge is 2.40. The Morgan fingerprint density at radius 3 is 2.19 bits per heavy atom. The van der Waals surface area contributed by atoms with Crippen LogP contribution in [0.5, 0.6) is 0 Å². The first kappa shape index (κ1) is 28.4. The van der Waals surface area contributed by atoms with Gasteiger partial charge in [-0.2, -0.15) is 0 Å². The zero-order valence-electron chi connectivity index (χ0n) is 22.4. The molecule has 9 nitrogen and oxygen atoms in total. The monoisotopic (exact) mass is 518 g/mol. The van der Waals surface area contributed by atoms with Gasteiger partial charge in [0.1, 0.15) is 23.5 Å². The van der Waals surface area contributed by atoms with Gasteiger partial charge >= 0.3 is 6.09 Å². The molecule has 10 heteroatoms. The molecule has 37 heavy (non-hydrogen) atoms. The molecule has 1 aromatic rings. The molecule has 0 saturated carbocycles. The molecule has 0 aromatic heterocycles. The van der Waals surface area contributed by atoms with Gasteiger partial charge in [-0.1, -0.05) is 13.8 Å². The average molecular weight is 519 g/mol. The third-order valence-electron chi connectivity index (χ3n) is 6.70. The maximum Gasteiger partial charge on any atom is 0.410 e. The number of hydrogen-bond donors (Lipinski definition) is 2. The first-order valence-corrected chi connectivity index (χ1v) is 13.0. The van der Waals surface area contributed by atoms with Gasteiger partial charge in [-0.15, -0.1) is 0 Å². The fourth-order valence-electron chi connectivity index (χ4n) is 4.69. The van der Waals surface area contributed by atoms with Crippen LogP contribution >= 0.6 is 0 Å². The molecule has 3 rings (SSSR count). The van der Waals surface area contributed by atoms with Crippen LogP contribution in [-0.4, -0.2) is 70.9 Å². The number of rotatable bonds is 6. The lowest BCUT2D eigenvalue weighted by Crippen LogP contribution is -2.53. The van der Waals surface area contributed by atoms with Gasteiger partial charge in [0.05, 0.1) is 0 Å². The van der Waals surface area contributed by atoms with Crippen molar-refractivity contribution in [3.8, 4) is 0 Å². The smallest absolute Gasteiger partial charge is 0.410 e. The second-order valence-electron chi connectivity index (χ2n) is 11.2. The SMILES string of the molecule is CC(C)C(NC(=O)C1CCN(C(=O)C2CCCN2C(=O)OC(C)(C)C)CC1)C(=O)Nc1ccc(F)cc1. The van der Waals surface area contributed by atoms with E-state index in [4.69, 9.17) is 4.74 Å². The summed E-state index contributed by atoms with van der Waals surface area (Å²) in [6, 6.07) is 4.15. The molecule has 2 unspecified atom stereocenters. The summed E-state index contributed by atoms with van der Waals surface area (Å²) in [6.45, 7) is 10.4. The summed E-state index contributed by atoms with van der Waals surface area (Å²) in [7, 11) is 0. The van der Waals surface area contributed by atoms with Crippen LogP contribution in [0.25, 0.3) is 0 Å². The molecule has 2 N–H and O–H groups in total. The molecule has 4 amide bonds. The lowest BCUT2D eigenvalue weighted by molar-refractivity contribution is -0.139. The normalized spacial score (nSPS) is 19.5. The molecule has 0 bridgehead atoms. The zero-order chi connectivity index (χ0) is 27.3. The van der Waals surface area contributed by atoms with Gasteiger partial charge in [0, 0.05) is 31.2 Å². The minimum Gasteiger partial charge on any atom is -0.444 e. The zero-order valence-corrected chi connectivity index (χ0v) is 22.4. The van der Waals surface area contributed by atoms with E-state index in [1.165, 1.54) is 29.2 Å². The number of likely N-dealkylation sites (tertiary alicyclic amines) is 2. The van der Waals surface area contributed by atoms with Gasteiger partial charge < -0.3 is 20.3 Å². The highest BCUT2D eigenvalue weighted by Crippen LogP contribution is 2.25. The Hall–Kier alpha value is -3.17. The van der Waals surface area contributed by atoms with Crippen molar-refractivity contribution in [2.75, 3.05) is 25.0 Å². The van der Waals surface area contributed by atoms with E-state index >= 15 is 0 Å². The second kappa shape index (κ2) is 11.9. The number of benzene rings is 1. The summed E-state index contributed by atoms with van der Waals surface area (Å²) >= 11 is 0. The predicted molar refractivity (Wildman–Crippen MR) is 137 cm³/mol. The number of hydrogen-bond acceptors (Lipinski definition) is 5. The fraction of sp³-hybridized carbons (Fsp3) is 0.630. The van der Waals surface area contributed by atoms with E-state index in [-0.39, 0.29) is 29.6 Å². The fourth-order valence-corrected chi connectivity index (χ4v) is 4.69. The van der Waals surface area contributed by atoms with Crippen LogP contribution in [-0.2, 0) is 19.1 Å². The summed E-state index contributed by atoms with van der Waals surface area (Å²) in [5.74, 6) is -1.59. The quantitative estimate of drug-likeness (QED) is 0.599. The van der Waals surface area contributed by atoms with E-state index in [0.717, 1.165) is 6.42 Å². The van der Waals surface area contributed by atoms with E-state index in [2.05, 4.69) is 10.6 Å². The third-order valence-corrected chi connectivity index (χ3v) is 6.70. The van der Waals surface area contributed by atoms with Crippen LogP contribution in [0.1, 0.15) is 60.3 Å². The largest absolute Gasteiger partial charge is 0.444 e. The predicted octanol–water partition coefficient (Wildman–Crippen LogP) is 3.54. The van der Waals surface area contributed by atoms with Crippen LogP contribution in [0.2, 0.25) is 0 Å². The van der Waals surface area contributed by atoms with Crippen molar-refractivity contribution in [2.45, 2.75) is 78.0 Å². The molecule has 2 fully saturated rings. The van der Waals surface area contributed by atoms with E-state index in [1.54, 1.807) is 25.7 Å². The standard InChI is InChI=1S/C27H39FN4O5/c1-17(2)22(24(34)29-20-10-8-19(28)9-11-20)30-23(33)18-12-15-31(16-13-18)25(35)21-7-6-14-32(21)26(36)37-27(3,4)5/h8-11,17-18,21-22H,6-7,12-16H2,1-5H3,(H,29,34)(H,30,33). The topological polar surface area (TPSA) is 108 Å². The first-order valence-electron chi connectivity index (χ1n) is 13.0. The number of piperidine rings is 1. The summed E-state index contributed by atoms with van der Waals surface area (Å²) in [4.78, 5) is 54.8. The van der Waals surface area contributed by atoms with E-state index < -0.39 is 29.6 Å². The number of anilines is 1. The summed E-state index contributed by atoms with van der Waals surface area (Å²) in [5, 5.41) is 5.59. The van der Waals surface area contributed by atoms with Crippen LogP contribution in [0, 0.1) is 17.7 Å². The van der Waals surface area contributed by atoms with Crippen LogP contribution in [0.15, 0.2) is 24.3 Å². The molecule has 0 aliphatic carbocycles. The van der Waals surface area contributed by atoms with Crippen molar-refractivity contribution in [1.29, 1.82) is 0 Å². The molecule has 2 saturated heterocycles. The molecular formula is C27H39FN4O5. The van der Waals surface area contributed by atoms with Gasteiger partial charge in [0.2, 0.25) is 17.7 Å². The summed E-state index contributed by atoms with van der Waals surface area (Å²) < 4.78 is 18.6. The van der Waals surface area contributed by atoms with Crippen LogP contribution in [0.3, 0.4) is 0 Å². The van der Waals surface area contributed by atoms with E-state index in [9.17, 15) is 23.6 Å². The molecule has 1 aromatic carbocycles. The van der Waals surface area contributed by atoms with Crippen molar-refractivity contribution in [3.63, 3.8) is 0 Å². The average Bonchev–Trinajstić information content (AvgIpc) is 3.32. The molecular weight excluding hydrogens is 479 g/mol. The molecule has 2 atom stereocenters. The maximum atomic E-state index is 13.2. The Bertz CT molecular complexity index is 984. The Morgan fingerprint density at radius 1 is 1.00 bits per heavy atom. The van der Waals surface area contributed by atoms with Gasteiger partial charge in [-0.3, -0.25) is 19.3 Å². The molecule has 0 radical (unpaired) electrons. The van der Waals surface area contributed by atoms with Gasteiger partial charge in [0.25, 0.3) is 0 Å². The number of ether oxygens (including phenoxy) is 1. The van der Waals surface area contributed by atoms with Crippen molar-refractivity contribution < 1.29 is 28.3 Å². The lowest BCUT2D eigenvalue weighted by atomic mass is 9.94. The van der Waals surface area contributed by atoms with E-state index in [0.29, 0.717) is 44.6 Å². The number of halogens is 1. The summed E-state index contributed by atoms with van der Waals surface area (Å²) in [6.07, 6.45) is 1.81. The Balaban J connectivity index is 1.53. The van der Waals surface area contributed by atoms with Gasteiger partial charge in [-0.05, 0) is 76.6 Å². The minimum absolute atomic E-state index is 0.110. The van der Waals surface area contributed by atoms with E-state index in [1.807, 2.05) is 13.8 Å². The second-order valence-corrected chi connectivity index (χ2v) is 11.2. The van der Waals surface area contributed by atoms with Crippen molar-refractivity contribution in [2.24, 2.45) is 11.8 Å². The number of nitrogens with one attached hydrogen (secondary N) is 2. The first-order chi connectivity index (χ1) is 17.4. The minimum atomic E-state index is -0.752. The molecule has 2 heterocycles. The van der Waals surface area contributed by atoms with Crippen molar-refractivity contribution in [1.82, 2.24) is 15.1 Å². The number of nitrogens with zero attached hydrogens (tertiary/aromatic N) is 2. The Labute approximate surface area is 218 Å². The molecule has 0 spiro atoms. The van der Waals surface area contributed by atoms with Crippen molar-refractivity contribution >= 4 is 29.5 Å². The number of carbonyl (C=O) groups excluding carboxylic acids is 4. The highest BCUT2D eigenvalue weighted by molar-refractivity contribution is 5.97. The van der Waals surface area contributed by atoms with Crippen LogP contribution in [0.4, 0.5) is 14.9 Å². The molecule has 2 aliphatic heterocycles. The number of carbonyl (C=O) groups is 4. The maximum absolute atomic E-state index is 13.2. The molecule has 204 valence electrons. The van der Waals surface area contributed by atoms with Crippen molar-refractivity contribution in [3.05, 3.63) is 30.1 Å². The van der Waals surface area contributed by atoms with Crippen LogP contribution < -0.4 is 10.6 Å². The highest BCUT2D eigenvalue weighted by atomic mass is 19.1. The van der Waals surface area contributed by atoms with Gasteiger partial charge in [-0.25, -0.2) is 9.18 Å². The summed E-state index contributed by atoms with van der Waals surface area (Å²) in [5.41, 5.74) is -0.187. The number of amides is 4. The lowest BCUT2D eigenvalue weighted by Gasteiger charge is -2.36.